The monoisotopic (exact) mass is 294 g/mol. The number of nitrogens with zero attached hydrogens (tertiary/aromatic N) is 1. The number of rotatable bonds is 7. The molecule has 1 saturated heterocycles. The summed E-state index contributed by atoms with van der Waals surface area (Å²) in [6.07, 6.45) is 0.216. The summed E-state index contributed by atoms with van der Waals surface area (Å²) >= 11 is 0. The van der Waals surface area contributed by atoms with Crippen LogP contribution in [-0.2, 0) is 20.8 Å². The van der Waals surface area contributed by atoms with Crippen LogP contribution in [0.5, 0.6) is 0 Å². The minimum absolute atomic E-state index is 0.108. The number of hydrogen-bond donors (Lipinski definition) is 1. The molecule has 1 heterocycles. The summed E-state index contributed by atoms with van der Waals surface area (Å²) in [5.41, 5.74) is 8.40. The Balaban J connectivity index is 2.09. The van der Waals surface area contributed by atoms with Crippen molar-refractivity contribution in [3.8, 4) is 0 Å². The van der Waals surface area contributed by atoms with Gasteiger partial charge in [0.15, 0.2) is 0 Å². The molecule has 1 fully saturated rings. The first-order chi connectivity index (χ1) is 10.2. The van der Waals surface area contributed by atoms with Crippen LogP contribution in [0.2, 0.25) is 0 Å². The van der Waals surface area contributed by atoms with Gasteiger partial charge in [-0.25, -0.2) is 0 Å². The standard InChI is InChI=1S/C16H26N2O3/c1-19-11-12-4-6-13(7-5-12)14(8-17)18-9-15(20-2)16(10-18)21-3/h4-7,14-16H,8-11,17H2,1-3H3. The lowest BCUT2D eigenvalue weighted by Gasteiger charge is -2.27. The van der Waals surface area contributed by atoms with Crippen LogP contribution in [0.25, 0.3) is 0 Å². The van der Waals surface area contributed by atoms with E-state index < -0.39 is 0 Å². The molecule has 0 radical (unpaired) electrons. The van der Waals surface area contributed by atoms with Gasteiger partial charge in [-0.05, 0) is 11.1 Å². The summed E-state index contributed by atoms with van der Waals surface area (Å²) in [5, 5.41) is 0. The molecule has 0 amide bonds. The Hall–Kier alpha value is -0.980. The van der Waals surface area contributed by atoms with Crippen LogP contribution in [0.15, 0.2) is 24.3 Å². The molecule has 118 valence electrons. The summed E-state index contributed by atoms with van der Waals surface area (Å²) in [4.78, 5) is 2.34. The van der Waals surface area contributed by atoms with E-state index in [9.17, 15) is 0 Å². The maximum absolute atomic E-state index is 6.01. The highest BCUT2D eigenvalue weighted by atomic mass is 16.5. The topological polar surface area (TPSA) is 57.0 Å². The molecule has 0 saturated carbocycles. The highest BCUT2D eigenvalue weighted by Gasteiger charge is 2.36. The summed E-state index contributed by atoms with van der Waals surface area (Å²) in [6.45, 7) is 2.90. The molecular weight excluding hydrogens is 268 g/mol. The molecule has 1 aliphatic heterocycles. The van der Waals surface area contributed by atoms with E-state index in [4.69, 9.17) is 19.9 Å². The molecule has 1 aromatic rings. The highest BCUT2D eigenvalue weighted by Crippen LogP contribution is 2.27. The molecule has 3 atom stereocenters. The van der Waals surface area contributed by atoms with E-state index in [1.165, 1.54) is 11.1 Å². The van der Waals surface area contributed by atoms with Gasteiger partial charge in [-0.3, -0.25) is 4.90 Å². The second kappa shape index (κ2) is 7.87. The Bertz CT molecular complexity index is 412. The van der Waals surface area contributed by atoms with E-state index in [2.05, 4.69) is 29.2 Å². The van der Waals surface area contributed by atoms with E-state index in [0.717, 1.165) is 13.1 Å². The van der Waals surface area contributed by atoms with E-state index in [-0.39, 0.29) is 18.2 Å². The molecule has 5 nitrogen and oxygen atoms in total. The van der Waals surface area contributed by atoms with Gasteiger partial charge in [0.1, 0.15) is 0 Å². The van der Waals surface area contributed by atoms with Crippen LogP contribution in [0.4, 0.5) is 0 Å². The SMILES string of the molecule is COCc1ccc(C(CN)N2CC(OC)C(OC)C2)cc1. The molecular formula is C16H26N2O3. The lowest BCUT2D eigenvalue weighted by Crippen LogP contribution is -2.33. The quantitative estimate of drug-likeness (QED) is 0.818. The van der Waals surface area contributed by atoms with E-state index in [0.29, 0.717) is 13.2 Å². The molecule has 0 aliphatic carbocycles. The van der Waals surface area contributed by atoms with Crippen LogP contribution in [0.3, 0.4) is 0 Å². The normalized spacial score (nSPS) is 24.4. The minimum Gasteiger partial charge on any atom is -0.380 e. The second-order valence-corrected chi connectivity index (χ2v) is 5.43. The van der Waals surface area contributed by atoms with Crippen LogP contribution in [0, 0.1) is 0 Å². The fraction of sp³-hybridized carbons (Fsp3) is 0.625. The van der Waals surface area contributed by atoms with Gasteiger partial charge < -0.3 is 19.9 Å². The predicted molar refractivity (Wildman–Crippen MR) is 82.1 cm³/mol. The Kier molecular flexibility index (Phi) is 6.14. The van der Waals surface area contributed by atoms with Crippen molar-refractivity contribution in [1.29, 1.82) is 0 Å². The van der Waals surface area contributed by atoms with E-state index in [1.807, 2.05) is 0 Å². The van der Waals surface area contributed by atoms with Crippen LogP contribution in [-0.4, -0.2) is 58.1 Å². The van der Waals surface area contributed by atoms with Crippen molar-refractivity contribution in [2.24, 2.45) is 5.73 Å². The summed E-state index contributed by atoms with van der Waals surface area (Å²) < 4.78 is 16.1. The lowest BCUT2D eigenvalue weighted by molar-refractivity contribution is -0.00461. The number of likely N-dealkylation sites (tertiary alicyclic amines) is 1. The van der Waals surface area contributed by atoms with E-state index in [1.54, 1.807) is 21.3 Å². The lowest BCUT2D eigenvalue weighted by atomic mass is 10.0. The van der Waals surface area contributed by atoms with Crippen molar-refractivity contribution in [1.82, 2.24) is 4.90 Å². The molecule has 2 N–H and O–H groups in total. The highest BCUT2D eigenvalue weighted by molar-refractivity contribution is 5.25. The molecule has 3 unspecified atom stereocenters. The predicted octanol–water partition coefficient (Wildman–Crippen LogP) is 1.18. The molecule has 0 aromatic heterocycles. The zero-order chi connectivity index (χ0) is 15.2. The fourth-order valence-electron chi connectivity index (χ4n) is 2.98. The number of nitrogens with two attached hydrogens (primary N) is 1. The number of ether oxygens (including phenoxy) is 3. The summed E-state index contributed by atoms with van der Waals surface area (Å²) in [6, 6.07) is 8.65. The number of methoxy groups -OCH3 is 3. The maximum atomic E-state index is 6.01. The molecule has 0 spiro atoms. The van der Waals surface area contributed by atoms with Crippen molar-refractivity contribution < 1.29 is 14.2 Å². The Morgan fingerprint density at radius 2 is 1.67 bits per heavy atom. The van der Waals surface area contributed by atoms with Gasteiger partial charge >= 0.3 is 0 Å². The Morgan fingerprint density at radius 1 is 1.10 bits per heavy atom. The van der Waals surface area contributed by atoms with Gasteiger partial charge in [-0.2, -0.15) is 0 Å². The minimum atomic E-state index is 0.108. The first-order valence-electron chi connectivity index (χ1n) is 7.31. The zero-order valence-electron chi connectivity index (χ0n) is 13.1. The molecule has 1 aliphatic rings. The first-order valence-corrected chi connectivity index (χ1v) is 7.31. The van der Waals surface area contributed by atoms with E-state index >= 15 is 0 Å². The molecule has 1 aromatic carbocycles. The van der Waals surface area contributed by atoms with Crippen LogP contribution < -0.4 is 5.73 Å². The first kappa shape index (κ1) is 16.4. The van der Waals surface area contributed by atoms with Crippen molar-refractivity contribution in [3.05, 3.63) is 35.4 Å². The van der Waals surface area contributed by atoms with Gasteiger partial charge in [0.05, 0.1) is 18.8 Å². The number of benzene rings is 1. The Labute approximate surface area is 127 Å². The Morgan fingerprint density at radius 3 is 2.10 bits per heavy atom. The van der Waals surface area contributed by atoms with Crippen molar-refractivity contribution in [2.45, 2.75) is 24.9 Å². The maximum Gasteiger partial charge on any atom is 0.0972 e. The fourth-order valence-corrected chi connectivity index (χ4v) is 2.98. The third-order valence-corrected chi connectivity index (χ3v) is 4.19. The third-order valence-electron chi connectivity index (χ3n) is 4.19. The summed E-state index contributed by atoms with van der Waals surface area (Å²) in [7, 11) is 5.17. The van der Waals surface area contributed by atoms with Crippen LogP contribution in [0.1, 0.15) is 17.2 Å². The van der Waals surface area contributed by atoms with Gasteiger partial charge in [0, 0.05) is 47.0 Å². The molecule has 0 bridgehead atoms. The molecule has 2 rings (SSSR count). The van der Waals surface area contributed by atoms with Gasteiger partial charge in [-0.15, -0.1) is 0 Å². The zero-order valence-corrected chi connectivity index (χ0v) is 13.1. The van der Waals surface area contributed by atoms with Gasteiger partial charge in [-0.1, -0.05) is 24.3 Å². The average Bonchev–Trinajstić information content (AvgIpc) is 2.93. The van der Waals surface area contributed by atoms with Crippen molar-refractivity contribution >= 4 is 0 Å². The van der Waals surface area contributed by atoms with Gasteiger partial charge in [0.25, 0.3) is 0 Å². The van der Waals surface area contributed by atoms with Crippen molar-refractivity contribution in [2.75, 3.05) is 41.0 Å². The van der Waals surface area contributed by atoms with Crippen LogP contribution >= 0.6 is 0 Å². The van der Waals surface area contributed by atoms with Crippen molar-refractivity contribution in [3.63, 3.8) is 0 Å². The summed E-state index contributed by atoms with van der Waals surface area (Å²) in [5.74, 6) is 0. The largest absolute Gasteiger partial charge is 0.380 e. The number of hydrogen-bond acceptors (Lipinski definition) is 5. The smallest absolute Gasteiger partial charge is 0.0972 e. The second-order valence-electron chi connectivity index (χ2n) is 5.43. The van der Waals surface area contributed by atoms with Gasteiger partial charge in [0.2, 0.25) is 0 Å². The average molecular weight is 294 g/mol. The molecule has 21 heavy (non-hydrogen) atoms. The third kappa shape index (κ3) is 3.81. The molecule has 5 heteroatoms.